The number of rotatable bonds is 8. The predicted octanol–water partition coefficient (Wildman–Crippen LogP) is 5.28. The molecule has 0 fully saturated rings. The first-order valence-corrected chi connectivity index (χ1v) is 9.01. The molecule has 0 spiro atoms. The average Bonchev–Trinajstić information content (AvgIpc) is 2.91. The van der Waals surface area contributed by atoms with E-state index >= 15 is 0 Å². The first-order valence-electron chi connectivity index (χ1n) is 8.19. The summed E-state index contributed by atoms with van der Waals surface area (Å²) >= 11 is 1.87. The van der Waals surface area contributed by atoms with Gasteiger partial charge in [-0.1, -0.05) is 43.7 Å². The maximum absolute atomic E-state index is 10.9. The van der Waals surface area contributed by atoms with Gasteiger partial charge in [-0.2, -0.15) is 0 Å². The Kier molecular flexibility index (Phi) is 6.00. The zero-order chi connectivity index (χ0) is 16.9. The number of thiophene rings is 1. The van der Waals surface area contributed by atoms with Crippen LogP contribution in [0, 0.1) is 12.3 Å². The summed E-state index contributed by atoms with van der Waals surface area (Å²) in [5, 5.41) is 8.95. The number of carboxylic acid groups (broad SMARTS) is 1. The zero-order valence-corrected chi connectivity index (χ0v) is 15.1. The first kappa shape index (κ1) is 17.7. The first-order chi connectivity index (χ1) is 10.8. The van der Waals surface area contributed by atoms with Crippen molar-refractivity contribution in [2.75, 3.05) is 0 Å². The van der Waals surface area contributed by atoms with Gasteiger partial charge >= 0.3 is 5.97 Å². The molecule has 2 rings (SSSR count). The van der Waals surface area contributed by atoms with Crippen molar-refractivity contribution >= 4 is 17.3 Å². The number of hydrogen-bond acceptors (Lipinski definition) is 2. The van der Waals surface area contributed by atoms with Gasteiger partial charge in [0, 0.05) is 9.75 Å². The summed E-state index contributed by atoms with van der Waals surface area (Å²) in [7, 11) is 0. The van der Waals surface area contributed by atoms with Crippen LogP contribution in [0.15, 0.2) is 36.4 Å². The van der Waals surface area contributed by atoms with Gasteiger partial charge in [0.25, 0.3) is 0 Å². The lowest BCUT2D eigenvalue weighted by atomic mass is 9.84. The van der Waals surface area contributed by atoms with Gasteiger partial charge in [0.05, 0.1) is 6.42 Å². The minimum Gasteiger partial charge on any atom is -0.481 e. The molecule has 23 heavy (non-hydrogen) atoms. The van der Waals surface area contributed by atoms with Crippen LogP contribution in [0.1, 0.15) is 47.6 Å². The Hall–Kier alpha value is -1.61. The van der Waals surface area contributed by atoms with E-state index in [1.807, 2.05) is 25.2 Å². The molecule has 0 radical (unpaired) electrons. The Balaban J connectivity index is 1.83. The van der Waals surface area contributed by atoms with E-state index < -0.39 is 5.97 Å². The van der Waals surface area contributed by atoms with Crippen LogP contribution < -0.4 is 0 Å². The number of aliphatic carboxylic acids is 1. The largest absolute Gasteiger partial charge is 0.481 e. The average molecular weight is 330 g/mol. The van der Waals surface area contributed by atoms with E-state index in [-0.39, 0.29) is 11.8 Å². The summed E-state index contributed by atoms with van der Waals surface area (Å²) in [4.78, 5) is 13.7. The number of benzene rings is 1. The summed E-state index contributed by atoms with van der Waals surface area (Å²) in [6.45, 7) is 6.18. The Morgan fingerprint density at radius 2 is 1.61 bits per heavy atom. The quantitative estimate of drug-likeness (QED) is 0.715. The molecule has 1 aromatic carbocycles. The van der Waals surface area contributed by atoms with Crippen LogP contribution in [0.25, 0.3) is 0 Å². The molecule has 0 amide bonds. The topological polar surface area (TPSA) is 37.3 Å². The molecule has 1 N–H and O–H groups in total. The molecule has 0 saturated heterocycles. The molecule has 0 aliphatic carbocycles. The summed E-state index contributed by atoms with van der Waals surface area (Å²) < 4.78 is 0. The van der Waals surface area contributed by atoms with Gasteiger partial charge in [0.1, 0.15) is 0 Å². The van der Waals surface area contributed by atoms with E-state index in [0.717, 1.165) is 25.7 Å². The second-order valence-electron chi connectivity index (χ2n) is 7.09. The number of aryl methyl sites for hydroxylation is 4. The monoisotopic (exact) mass is 330 g/mol. The van der Waals surface area contributed by atoms with Crippen LogP contribution in [-0.4, -0.2) is 11.1 Å². The van der Waals surface area contributed by atoms with Crippen LogP contribution in [0.5, 0.6) is 0 Å². The smallest absolute Gasteiger partial charge is 0.303 e. The molecule has 0 unspecified atom stereocenters. The van der Waals surface area contributed by atoms with Gasteiger partial charge in [0.2, 0.25) is 0 Å². The van der Waals surface area contributed by atoms with Crippen molar-refractivity contribution in [1.29, 1.82) is 0 Å². The summed E-state index contributed by atoms with van der Waals surface area (Å²) in [6, 6.07) is 13.2. The van der Waals surface area contributed by atoms with E-state index in [9.17, 15) is 4.79 Å². The fourth-order valence-corrected chi connectivity index (χ4v) is 3.69. The minimum absolute atomic E-state index is 0.141. The molecule has 0 bridgehead atoms. The molecule has 0 atom stereocenters. The standard InChI is InChI=1S/C20H26O2S/c1-15-4-6-16(7-5-15)8-9-17-10-11-18(23-17)12-13-20(2,3)14-19(21)22/h4-7,10-11H,8-9,12-14H2,1-3H3,(H,21,22). The molecule has 1 heterocycles. The van der Waals surface area contributed by atoms with E-state index in [2.05, 4.69) is 43.3 Å². The molecule has 2 aromatic rings. The van der Waals surface area contributed by atoms with Crippen molar-refractivity contribution in [3.05, 3.63) is 57.3 Å². The Labute approximate surface area is 143 Å². The van der Waals surface area contributed by atoms with Gasteiger partial charge in [-0.15, -0.1) is 11.3 Å². The highest BCUT2D eigenvalue weighted by molar-refractivity contribution is 7.11. The summed E-state index contributed by atoms with van der Waals surface area (Å²) in [5.74, 6) is -0.708. The van der Waals surface area contributed by atoms with Crippen molar-refractivity contribution in [2.45, 2.75) is 52.9 Å². The molecule has 124 valence electrons. The van der Waals surface area contributed by atoms with Crippen LogP contribution in [0.3, 0.4) is 0 Å². The third-order valence-corrected chi connectivity index (χ3v) is 5.38. The van der Waals surface area contributed by atoms with Gasteiger partial charge in [-0.3, -0.25) is 4.79 Å². The van der Waals surface area contributed by atoms with E-state index in [0.29, 0.717) is 0 Å². The van der Waals surface area contributed by atoms with E-state index in [1.165, 1.54) is 20.9 Å². The third kappa shape index (κ3) is 6.19. The predicted molar refractivity (Wildman–Crippen MR) is 97.3 cm³/mol. The lowest BCUT2D eigenvalue weighted by Crippen LogP contribution is -2.17. The normalized spacial score (nSPS) is 11.6. The van der Waals surface area contributed by atoms with Crippen LogP contribution in [0.4, 0.5) is 0 Å². The number of hydrogen-bond donors (Lipinski definition) is 1. The summed E-state index contributed by atoms with van der Waals surface area (Å²) in [6.07, 6.45) is 4.27. The van der Waals surface area contributed by atoms with E-state index in [1.54, 1.807) is 0 Å². The highest BCUT2D eigenvalue weighted by atomic mass is 32.1. The zero-order valence-electron chi connectivity index (χ0n) is 14.3. The maximum Gasteiger partial charge on any atom is 0.303 e. The molecule has 0 aliphatic rings. The molecule has 0 saturated carbocycles. The Bertz CT molecular complexity index is 638. The molecular weight excluding hydrogens is 304 g/mol. The summed E-state index contributed by atoms with van der Waals surface area (Å²) in [5.41, 5.74) is 2.54. The van der Waals surface area contributed by atoms with Crippen molar-refractivity contribution in [1.82, 2.24) is 0 Å². The van der Waals surface area contributed by atoms with Crippen LogP contribution in [0.2, 0.25) is 0 Å². The van der Waals surface area contributed by atoms with Crippen molar-refractivity contribution in [3.63, 3.8) is 0 Å². The maximum atomic E-state index is 10.9. The van der Waals surface area contributed by atoms with Crippen LogP contribution >= 0.6 is 11.3 Å². The number of carboxylic acids is 1. The Morgan fingerprint density at radius 1 is 1.00 bits per heavy atom. The van der Waals surface area contributed by atoms with Gasteiger partial charge in [-0.25, -0.2) is 0 Å². The SMILES string of the molecule is Cc1ccc(CCc2ccc(CCC(C)(C)CC(=O)O)s2)cc1. The molecule has 3 heteroatoms. The molecular formula is C20H26O2S. The Morgan fingerprint density at radius 3 is 2.22 bits per heavy atom. The second-order valence-corrected chi connectivity index (χ2v) is 8.34. The lowest BCUT2D eigenvalue weighted by molar-refractivity contribution is -0.139. The molecule has 0 aliphatic heterocycles. The lowest BCUT2D eigenvalue weighted by Gasteiger charge is -2.21. The van der Waals surface area contributed by atoms with Crippen molar-refractivity contribution in [2.24, 2.45) is 5.41 Å². The van der Waals surface area contributed by atoms with Crippen LogP contribution in [-0.2, 0) is 24.1 Å². The minimum atomic E-state index is -0.708. The number of carbonyl (C=O) groups is 1. The third-order valence-electron chi connectivity index (χ3n) is 4.18. The van der Waals surface area contributed by atoms with Gasteiger partial charge in [-0.05, 0) is 55.7 Å². The second kappa shape index (κ2) is 7.78. The van der Waals surface area contributed by atoms with E-state index in [4.69, 9.17) is 5.11 Å². The molecule has 1 aromatic heterocycles. The fourth-order valence-electron chi connectivity index (χ4n) is 2.67. The van der Waals surface area contributed by atoms with Crippen molar-refractivity contribution < 1.29 is 9.90 Å². The van der Waals surface area contributed by atoms with Gasteiger partial charge in [0.15, 0.2) is 0 Å². The fraction of sp³-hybridized carbons (Fsp3) is 0.450. The van der Waals surface area contributed by atoms with Crippen molar-refractivity contribution in [3.8, 4) is 0 Å². The van der Waals surface area contributed by atoms with Gasteiger partial charge < -0.3 is 5.11 Å². The highest BCUT2D eigenvalue weighted by Gasteiger charge is 2.21. The highest BCUT2D eigenvalue weighted by Crippen LogP contribution is 2.29. The molecule has 2 nitrogen and oxygen atoms in total.